The number of amides is 3. The lowest BCUT2D eigenvalue weighted by molar-refractivity contribution is -0.151. The van der Waals surface area contributed by atoms with Crippen molar-refractivity contribution in [3.8, 4) is 0 Å². The number of ether oxygens (including phenoxy) is 1. The number of aliphatic carboxylic acids is 1. The fourth-order valence-corrected chi connectivity index (χ4v) is 6.54. The highest BCUT2D eigenvalue weighted by molar-refractivity contribution is 8.00. The summed E-state index contributed by atoms with van der Waals surface area (Å²) in [5.74, 6) is -1.68. The van der Waals surface area contributed by atoms with Gasteiger partial charge in [-0.15, -0.1) is 11.8 Å². The summed E-state index contributed by atoms with van der Waals surface area (Å²) in [6.07, 6.45) is 1.91. The van der Waals surface area contributed by atoms with Crippen molar-refractivity contribution < 1.29 is 37.4 Å². The molecule has 0 spiro atoms. The summed E-state index contributed by atoms with van der Waals surface area (Å²) in [4.78, 5) is 52.0. The molecule has 0 aliphatic carbocycles. The Balaban J connectivity index is 1.86. The first-order valence-electron chi connectivity index (χ1n) is 11.4. The number of β-lactam (4-membered cyclic amide) rings is 1. The number of hydrogen-bond acceptors (Lipinski definition) is 9. The van der Waals surface area contributed by atoms with Gasteiger partial charge in [-0.3, -0.25) is 19.2 Å². The number of fused-ring (bicyclic) bond motifs is 1. The van der Waals surface area contributed by atoms with E-state index >= 15 is 0 Å². The molecule has 2 heterocycles. The van der Waals surface area contributed by atoms with Crippen LogP contribution in [0.2, 0.25) is 0 Å². The van der Waals surface area contributed by atoms with E-state index in [1.165, 1.54) is 52.7 Å². The maximum absolute atomic E-state index is 13.4. The normalized spacial score (nSPS) is 20.1. The van der Waals surface area contributed by atoms with E-state index in [1.807, 2.05) is 6.26 Å². The van der Waals surface area contributed by atoms with Crippen LogP contribution in [0.4, 0.5) is 10.5 Å². The summed E-state index contributed by atoms with van der Waals surface area (Å²) in [5, 5.41) is 14.2. The van der Waals surface area contributed by atoms with Gasteiger partial charge in [0.05, 0.1) is 6.26 Å². The molecule has 3 rings (SSSR count). The molecule has 3 amide bonds. The van der Waals surface area contributed by atoms with Crippen molar-refractivity contribution in [1.82, 2.24) is 15.5 Å². The predicted octanol–water partition coefficient (Wildman–Crippen LogP) is 1.73. The van der Waals surface area contributed by atoms with Gasteiger partial charge in [-0.1, -0.05) is 12.1 Å². The molecule has 38 heavy (non-hydrogen) atoms. The topological polar surface area (TPSA) is 171 Å². The predicted molar refractivity (Wildman–Crippen MR) is 145 cm³/mol. The number of carboxylic acids is 1. The van der Waals surface area contributed by atoms with E-state index in [-0.39, 0.29) is 16.9 Å². The van der Waals surface area contributed by atoms with Gasteiger partial charge in [-0.05, 0) is 50.3 Å². The van der Waals surface area contributed by atoms with Crippen LogP contribution >= 0.6 is 23.5 Å². The summed E-state index contributed by atoms with van der Waals surface area (Å²) < 4.78 is 31.0. The van der Waals surface area contributed by atoms with Crippen LogP contribution in [0.3, 0.4) is 0 Å². The summed E-state index contributed by atoms with van der Waals surface area (Å²) in [5.41, 5.74) is 0.100. The largest absolute Gasteiger partial charge is 0.477 e. The minimum atomic E-state index is -3.61. The lowest BCUT2D eigenvalue weighted by Gasteiger charge is -2.49. The number of thioether (sulfide) groups is 2. The lowest BCUT2D eigenvalue weighted by Crippen LogP contribution is -2.71. The minimum Gasteiger partial charge on any atom is -0.477 e. The third-order valence-electron chi connectivity index (χ3n) is 5.31. The van der Waals surface area contributed by atoms with Crippen molar-refractivity contribution in [2.45, 2.75) is 43.8 Å². The zero-order chi connectivity index (χ0) is 28.4. The second-order valence-electron chi connectivity index (χ2n) is 9.67. The van der Waals surface area contributed by atoms with E-state index in [1.54, 1.807) is 20.8 Å². The molecule has 1 aromatic carbocycles. The van der Waals surface area contributed by atoms with Gasteiger partial charge in [0.25, 0.3) is 5.91 Å². The van der Waals surface area contributed by atoms with Crippen molar-refractivity contribution in [3.05, 3.63) is 41.1 Å². The number of rotatable bonds is 9. The van der Waals surface area contributed by atoms with Crippen LogP contribution in [0.1, 0.15) is 32.4 Å². The van der Waals surface area contributed by atoms with E-state index in [2.05, 4.69) is 15.4 Å². The van der Waals surface area contributed by atoms with E-state index < -0.39 is 57.0 Å². The van der Waals surface area contributed by atoms with Gasteiger partial charge in [0.15, 0.2) is 0 Å². The van der Waals surface area contributed by atoms with Crippen LogP contribution in [0.25, 0.3) is 0 Å². The molecule has 3 atom stereocenters. The summed E-state index contributed by atoms with van der Waals surface area (Å²) in [6.45, 7) is 4.96. The standard InChI is InChI=1S/C23H30N4O8S3/c1-23(2,3)35-22(32)25-15(12-7-6-8-14(9-12)26-38(5,33)34)18(28)24-16-19(29)27-17(21(30)31)13(10-36-4)11-37-20(16)27/h6-9,15-16,20,26H,10-11H2,1-5H3,(H,24,28)(H,25,32)(H,30,31)/t15-,16?,20+/m1/s1. The average Bonchev–Trinajstić information content (AvgIpc) is 2.78. The number of nitrogens with zero attached hydrogens (tertiary/aromatic N) is 1. The number of anilines is 1. The lowest BCUT2D eigenvalue weighted by atomic mass is 10.0. The Labute approximate surface area is 229 Å². The van der Waals surface area contributed by atoms with Gasteiger partial charge in [-0.25, -0.2) is 18.0 Å². The highest BCUT2D eigenvalue weighted by Gasteiger charge is 2.54. The fourth-order valence-electron chi connectivity index (χ4n) is 3.93. The quantitative estimate of drug-likeness (QED) is 0.312. The SMILES string of the molecule is CSCC1=C(C(=O)O)N2C(=O)C(NC(=O)[C@H](NC(=O)OC(C)(C)C)c3cccc(NS(C)(=O)=O)c3)[C@@H]2SC1. The van der Waals surface area contributed by atoms with Crippen molar-refractivity contribution in [3.63, 3.8) is 0 Å². The molecule has 1 unspecified atom stereocenters. The molecule has 1 fully saturated rings. The van der Waals surface area contributed by atoms with Gasteiger partial charge in [-0.2, -0.15) is 11.8 Å². The molecule has 2 aliphatic rings. The molecular weight excluding hydrogens is 556 g/mol. The van der Waals surface area contributed by atoms with Gasteiger partial charge in [0.2, 0.25) is 15.9 Å². The molecule has 0 aromatic heterocycles. The van der Waals surface area contributed by atoms with Crippen LogP contribution in [0.15, 0.2) is 35.5 Å². The van der Waals surface area contributed by atoms with Crippen LogP contribution < -0.4 is 15.4 Å². The van der Waals surface area contributed by atoms with Crippen molar-refractivity contribution in [1.29, 1.82) is 0 Å². The van der Waals surface area contributed by atoms with Gasteiger partial charge < -0.3 is 20.5 Å². The molecule has 1 saturated heterocycles. The van der Waals surface area contributed by atoms with Crippen molar-refractivity contribution >= 4 is 63.1 Å². The molecule has 2 aliphatic heterocycles. The third kappa shape index (κ3) is 7.14. The summed E-state index contributed by atoms with van der Waals surface area (Å²) >= 11 is 2.79. The van der Waals surface area contributed by atoms with Gasteiger partial charge in [0.1, 0.15) is 28.8 Å². The van der Waals surface area contributed by atoms with Gasteiger partial charge in [0, 0.05) is 17.2 Å². The monoisotopic (exact) mass is 586 g/mol. The zero-order valence-electron chi connectivity index (χ0n) is 21.4. The molecule has 0 radical (unpaired) electrons. The number of sulfonamides is 1. The average molecular weight is 587 g/mol. The van der Waals surface area contributed by atoms with Crippen LogP contribution in [-0.2, 0) is 29.1 Å². The number of hydrogen-bond donors (Lipinski definition) is 4. The summed E-state index contributed by atoms with van der Waals surface area (Å²) in [6, 6.07) is 3.52. The molecule has 208 valence electrons. The maximum atomic E-state index is 13.4. The Morgan fingerprint density at radius 1 is 1.29 bits per heavy atom. The van der Waals surface area contributed by atoms with E-state index in [0.717, 1.165) is 6.26 Å². The number of nitrogens with one attached hydrogen (secondary N) is 3. The molecule has 4 N–H and O–H groups in total. The second-order valence-corrected chi connectivity index (χ2v) is 13.4. The molecule has 15 heteroatoms. The minimum absolute atomic E-state index is 0.0680. The molecule has 0 bridgehead atoms. The summed E-state index contributed by atoms with van der Waals surface area (Å²) in [7, 11) is -3.61. The first-order chi connectivity index (χ1) is 17.6. The second kappa shape index (κ2) is 11.5. The highest BCUT2D eigenvalue weighted by Crippen LogP contribution is 2.41. The van der Waals surface area contributed by atoms with Crippen molar-refractivity contribution in [2.75, 3.05) is 28.7 Å². The Kier molecular flexibility index (Phi) is 8.93. The van der Waals surface area contributed by atoms with Crippen molar-refractivity contribution in [2.24, 2.45) is 0 Å². The molecular formula is C23H30N4O8S3. The highest BCUT2D eigenvalue weighted by atomic mass is 32.2. The Bertz CT molecular complexity index is 1280. The first kappa shape index (κ1) is 29.6. The maximum Gasteiger partial charge on any atom is 0.408 e. The number of carboxylic acid groups (broad SMARTS) is 1. The van der Waals surface area contributed by atoms with E-state index in [0.29, 0.717) is 17.1 Å². The molecule has 0 saturated carbocycles. The van der Waals surface area contributed by atoms with Crippen LogP contribution in [-0.4, -0.2) is 83.3 Å². The fraction of sp³-hybridized carbons (Fsp3) is 0.478. The van der Waals surface area contributed by atoms with E-state index in [4.69, 9.17) is 4.74 Å². The third-order valence-corrected chi connectivity index (χ3v) is 7.90. The van der Waals surface area contributed by atoms with Gasteiger partial charge >= 0.3 is 12.1 Å². The Hall–Kier alpha value is -2.91. The van der Waals surface area contributed by atoms with E-state index in [9.17, 15) is 32.7 Å². The molecule has 12 nitrogen and oxygen atoms in total. The first-order valence-corrected chi connectivity index (χ1v) is 15.7. The number of carbonyl (C=O) groups excluding carboxylic acids is 3. The van der Waals surface area contributed by atoms with Crippen LogP contribution in [0, 0.1) is 0 Å². The Morgan fingerprint density at radius 2 is 1.97 bits per heavy atom. The number of alkyl carbamates (subject to hydrolysis) is 1. The Morgan fingerprint density at radius 3 is 2.55 bits per heavy atom. The smallest absolute Gasteiger partial charge is 0.408 e. The molecule has 1 aromatic rings. The number of carbonyl (C=O) groups is 4. The van der Waals surface area contributed by atoms with Crippen LogP contribution in [0.5, 0.6) is 0 Å². The number of benzene rings is 1. The zero-order valence-corrected chi connectivity index (χ0v) is 23.9.